The molecule has 0 unspecified atom stereocenters. The zero-order valence-electron chi connectivity index (χ0n) is 14.1. The first-order valence-electron chi connectivity index (χ1n) is 7.95. The SMILES string of the molecule is CC(C)c1ccccc1NC(=S)NC(=O)c1sc2cc(Cl)ccc2c1Cl. The summed E-state index contributed by atoms with van der Waals surface area (Å²) >= 11 is 19.0. The molecule has 0 aliphatic heterocycles. The molecule has 26 heavy (non-hydrogen) atoms. The van der Waals surface area contributed by atoms with Crippen LogP contribution in [0.5, 0.6) is 0 Å². The normalized spacial score (nSPS) is 11.0. The van der Waals surface area contributed by atoms with Gasteiger partial charge in [-0.2, -0.15) is 0 Å². The number of thiophene rings is 1. The summed E-state index contributed by atoms with van der Waals surface area (Å²) in [6.07, 6.45) is 0. The van der Waals surface area contributed by atoms with Crippen LogP contribution >= 0.6 is 46.8 Å². The van der Waals surface area contributed by atoms with Crippen molar-refractivity contribution in [3.8, 4) is 0 Å². The highest BCUT2D eigenvalue weighted by molar-refractivity contribution is 7.80. The Morgan fingerprint density at radius 3 is 2.62 bits per heavy atom. The van der Waals surface area contributed by atoms with E-state index in [9.17, 15) is 4.79 Å². The number of fused-ring (bicyclic) bond motifs is 1. The first kappa shape index (κ1) is 19.1. The molecule has 0 aliphatic rings. The van der Waals surface area contributed by atoms with Crippen molar-refractivity contribution in [3.05, 3.63) is 63.0 Å². The van der Waals surface area contributed by atoms with Gasteiger partial charge in [0.1, 0.15) is 4.88 Å². The van der Waals surface area contributed by atoms with Gasteiger partial charge in [-0.25, -0.2) is 0 Å². The fourth-order valence-corrected chi connectivity index (χ4v) is 4.50. The minimum absolute atomic E-state index is 0.231. The van der Waals surface area contributed by atoms with E-state index in [0.717, 1.165) is 21.3 Å². The van der Waals surface area contributed by atoms with Gasteiger partial charge in [0.25, 0.3) is 5.91 Å². The van der Waals surface area contributed by atoms with E-state index in [-0.39, 0.29) is 11.0 Å². The number of para-hydroxylation sites is 1. The number of carbonyl (C=O) groups is 1. The fourth-order valence-electron chi connectivity index (χ4n) is 2.61. The van der Waals surface area contributed by atoms with Gasteiger partial charge in [0.2, 0.25) is 0 Å². The molecule has 7 heteroatoms. The van der Waals surface area contributed by atoms with E-state index in [2.05, 4.69) is 24.5 Å². The Balaban J connectivity index is 1.78. The van der Waals surface area contributed by atoms with Crippen molar-refractivity contribution in [2.75, 3.05) is 5.32 Å². The van der Waals surface area contributed by atoms with Gasteiger partial charge in [0, 0.05) is 20.8 Å². The predicted molar refractivity (Wildman–Crippen MR) is 116 cm³/mol. The summed E-state index contributed by atoms with van der Waals surface area (Å²) in [5.74, 6) is -0.00848. The van der Waals surface area contributed by atoms with Crippen LogP contribution in [0.3, 0.4) is 0 Å². The van der Waals surface area contributed by atoms with E-state index in [0.29, 0.717) is 20.8 Å². The summed E-state index contributed by atoms with van der Waals surface area (Å²) in [6, 6.07) is 13.2. The number of thiocarbonyl (C=S) groups is 1. The standard InChI is InChI=1S/C19H16Cl2N2OS2/c1-10(2)12-5-3-4-6-14(12)22-19(25)23-18(24)17-16(21)13-8-7-11(20)9-15(13)26-17/h3-10H,1-2H3,(H2,22,23,24,25). The zero-order valence-corrected chi connectivity index (χ0v) is 17.2. The molecule has 2 N–H and O–H groups in total. The number of nitrogens with one attached hydrogen (secondary N) is 2. The van der Waals surface area contributed by atoms with Gasteiger partial charge in [0.05, 0.1) is 5.02 Å². The summed E-state index contributed by atoms with van der Waals surface area (Å²) in [5.41, 5.74) is 2.00. The van der Waals surface area contributed by atoms with Gasteiger partial charge < -0.3 is 5.32 Å². The second-order valence-electron chi connectivity index (χ2n) is 6.04. The summed E-state index contributed by atoms with van der Waals surface area (Å²) in [7, 11) is 0. The molecular weight excluding hydrogens is 407 g/mol. The van der Waals surface area contributed by atoms with E-state index in [1.165, 1.54) is 11.3 Å². The maximum Gasteiger partial charge on any atom is 0.269 e. The molecule has 0 bridgehead atoms. The predicted octanol–water partition coefficient (Wildman–Crippen LogP) is 6.46. The molecule has 0 fully saturated rings. The Bertz CT molecular complexity index is 998. The highest BCUT2D eigenvalue weighted by Gasteiger charge is 2.18. The van der Waals surface area contributed by atoms with Gasteiger partial charge in [-0.15, -0.1) is 11.3 Å². The van der Waals surface area contributed by atoms with E-state index < -0.39 is 0 Å². The van der Waals surface area contributed by atoms with E-state index in [1.54, 1.807) is 12.1 Å². The molecule has 3 aromatic rings. The number of hydrogen-bond acceptors (Lipinski definition) is 3. The molecule has 2 aromatic carbocycles. The molecule has 134 valence electrons. The minimum atomic E-state index is -0.341. The number of amides is 1. The Labute approximate surface area is 171 Å². The van der Waals surface area contributed by atoms with Crippen LogP contribution < -0.4 is 10.6 Å². The van der Waals surface area contributed by atoms with E-state index in [4.69, 9.17) is 35.4 Å². The lowest BCUT2D eigenvalue weighted by molar-refractivity contribution is 0.0982. The highest BCUT2D eigenvalue weighted by Crippen LogP contribution is 2.36. The van der Waals surface area contributed by atoms with Gasteiger partial charge >= 0.3 is 0 Å². The summed E-state index contributed by atoms with van der Waals surface area (Å²) < 4.78 is 0.858. The molecule has 1 heterocycles. The zero-order chi connectivity index (χ0) is 18.8. The van der Waals surface area contributed by atoms with Crippen molar-refractivity contribution in [1.82, 2.24) is 5.32 Å². The third-order valence-corrected chi connectivity index (χ3v) is 5.95. The van der Waals surface area contributed by atoms with Crippen molar-refractivity contribution in [2.24, 2.45) is 0 Å². The summed E-state index contributed by atoms with van der Waals surface area (Å²) in [5, 5.41) is 7.84. The number of hydrogen-bond donors (Lipinski definition) is 2. The summed E-state index contributed by atoms with van der Waals surface area (Å²) in [4.78, 5) is 13.0. The van der Waals surface area contributed by atoms with E-state index >= 15 is 0 Å². The number of anilines is 1. The van der Waals surface area contributed by atoms with E-state index in [1.807, 2.05) is 30.3 Å². The number of benzene rings is 2. The van der Waals surface area contributed by atoms with Gasteiger partial charge in [-0.05, 0) is 41.9 Å². The Hall–Kier alpha value is -1.66. The second kappa shape index (κ2) is 7.92. The lowest BCUT2D eigenvalue weighted by atomic mass is 10.0. The van der Waals surface area contributed by atoms with Crippen LogP contribution in [-0.4, -0.2) is 11.0 Å². The number of carbonyl (C=O) groups excluding carboxylic acids is 1. The smallest absolute Gasteiger partial charge is 0.269 e. The maximum atomic E-state index is 12.6. The quantitative estimate of drug-likeness (QED) is 0.475. The Morgan fingerprint density at radius 2 is 1.88 bits per heavy atom. The Kier molecular flexibility index (Phi) is 5.82. The first-order valence-corrected chi connectivity index (χ1v) is 9.93. The van der Waals surface area contributed by atoms with Crippen LogP contribution in [-0.2, 0) is 0 Å². The molecule has 0 atom stereocenters. The average Bonchev–Trinajstić information content (AvgIpc) is 2.91. The molecule has 0 saturated heterocycles. The van der Waals surface area contributed by atoms with Gasteiger partial charge in [0.15, 0.2) is 5.11 Å². The molecule has 1 aromatic heterocycles. The molecular formula is C19H16Cl2N2OS2. The third-order valence-electron chi connectivity index (χ3n) is 3.86. The third kappa shape index (κ3) is 4.01. The average molecular weight is 423 g/mol. The lowest BCUT2D eigenvalue weighted by Gasteiger charge is -2.15. The monoisotopic (exact) mass is 422 g/mol. The van der Waals surface area contributed by atoms with Gasteiger partial charge in [-0.3, -0.25) is 10.1 Å². The summed E-state index contributed by atoms with van der Waals surface area (Å²) in [6.45, 7) is 4.20. The van der Waals surface area contributed by atoms with Crippen LogP contribution in [0.15, 0.2) is 42.5 Å². The molecule has 0 radical (unpaired) electrons. The molecule has 3 rings (SSSR count). The maximum absolute atomic E-state index is 12.6. The molecule has 1 amide bonds. The van der Waals surface area contributed by atoms with Crippen molar-refractivity contribution in [1.29, 1.82) is 0 Å². The van der Waals surface area contributed by atoms with Crippen LogP contribution in [0.1, 0.15) is 35.0 Å². The van der Waals surface area contributed by atoms with Crippen LogP contribution in [0.25, 0.3) is 10.1 Å². The minimum Gasteiger partial charge on any atom is -0.332 e. The van der Waals surface area contributed by atoms with Crippen LogP contribution in [0, 0.1) is 0 Å². The molecule has 0 saturated carbocycles. The molecule has 0 aliphatic carbocycles. The van der Waals surface area contributed by atoms with Crippen molar-refractivity contribution in [2.45, 2.75) is 19.8 Å². The van der Waals surface area contributed by atoms with Crippen molar-refractivity contribution < 1.29 is 4.79 Å². The second-order valence-corrected chi connectivity index (χ2v) is 8.31. The molecule has 0 spiro atoms. The Morgan fingerprint density at radius 1 is 1.15 bits per heavy atom. The number of halogens is 2. The first-order chi connectivity index (χ1) is 12.4. The fraction of sp³-hybridized carbons (Fsp3) is 0.158. The van der Waals surface area contributed by atoms with Crippen LogP contribution in [0.4, 0.5) is 5.69 Å². The largest absolute Gasteiger partial charge is 0.332 e. The molecule has 3 nitrogen and oxygen atoms in total. The van der Waals surface area contributed by atoms with Crippen molar-refractivity contribution in [3.63, 3.8) is 0 Å². The highest BCUT2D eigenvalue weighted by atomic mass is 35.5. The van der Waals surface area contributed by atoms with Crippen LogP contribution in [0.2, 0.25) is 10.0 Å². The number of rotatable bonds is 3. The topological polar surface area (TPSA) is 41.1 Å². The van der Waals surface area contributed by atoms with Gasteiger partial charge in [-0.1, -0.05) is 61.3 Å². The van der Waals surface area contributed by atoms with Crippen molar-refractivity contribution >= 4 is 73.5 Å². The lowest BCUT2D eigenvalue weighted by Crippen LogP contribution is -2.34.